The first-order valence-electron chi connectivity index (χ1n) is 6.82. The van der Waals surface area contributed by atoms with Crippen molar-refractivity contribution in [1.82, 2.24) is 5.32 Å². The number of benzene rings is 2. The van der Waals surface area contributed by atoms with Crippen molar-refractivity contribution in [3.05, 3.63) is 71.0 Å². The van der Waals surface area contributed by atoms with Crippen molar-refractivity contribution in [2.24, 2.45) is 0 Å². The maximum absolute atomic E-state index is 13.9. The molecule has 0 aliphatic carbocycles. The molecular formula is C17H18FNO2. The highest BCUT2D eigenvalue weighted by molar-refractivity contribution is 5.94. The third-order valence-corrected chi connectivity index (χ3v) is 3.32. The van der Waals surface area contributed by atoms with Crippen LogP contribution in [0.1, 0.15) is 21.5 Å². The molecule has 0 fully saturated rings. The maximum Gasteiger partial charge on any atom is 0.254 e. The minimum Gasteiger partial charge on any atom is -0.394 e. The first-order valence-corrected chi connectivity index (χ1v) is 6.82. The fourth-order valence-electron chi connectivity index (χ4n) is 2.15. The largest absolute Gasteiger partial charge is 0.394 e. The fraction of sp³-hybridized carbons (Fsp3) is 0.235. The Bertz CT molecular complexity index is 613. The normalized spacial score (nSPS) is 12.0. The van der Waals surface area contributed by atoms with E-state index in [-0.39, 0.29) is 12.2 Å². The summed E-state index contributed by atoms with van der Waals surface area (Å²) in [5, 5.41) is 12.1. The zero-order valence-corrected chi connectivity index (χ0v) is 11.8. The van der Waals surface area contributed by atoms with Crippen molar-refractivity contribution in [3.63, 3.8) is 0 Å². The number of hydrogen-bond acceptors (Lipinski definition) is 2. The number of aliphatic hydroxyl groups excluding tert-OH is 1. The molecule has 0 aliphatic rings. The molecule has 21 heavy (non-hydrogen) atoms. The molecule has 0 saturated carbocycles. The van der Waals surface area contributed by atoms with E-state index < -0.39 is 17.8 Å². The molecule has 0 spiro atoms. The number of amides is 1. The van der Waals surface area contributed by atoms with Crippen LogP contribution in [0.3, 0.4) is 0 Å². The number of hydrogen-bond donors (Lipinski definition) is 2. The van der Waals surface area contributed by atoms with Crippen LogP contribution in [-0.4, -0.2) is 23.7 Å². The first kappa shape index (κ1) is 15.2. The average molecular weight is 287 g/mol. The Balaban J connectivity index is 2.08. The van der Waals surface area contributed by atoms with E-state index in [0.29, 0.717) is 12.0 Å². The van der Waals surface area contributed by atoms with E-state index in [1.165, 1.54) is 6.07 Å². The Labute approximate surface area is 123 Å². The molecule has 2 N–H and O–H groups in total. The van der Waals surface area contributed by atoms with Gasteiger partial charge >= 0.3 is 0 Å². The quantitative estimate of drug-likeness (QED) is 0.887. The van der Waals surface area contributed by atoms with E-state index in [4.69, 9.17) is 0 Å². The van der Waals surface area contributed by atoms with Crippen LogP contribution >= 0.6 is 0 Å². The molecule has 1 amide bonds. The minimum atomic E-state index is -0.522. The maximum atomic E-state index is 13.9. The molecule has 0 bridgehead atoms. The third kappa shape index (κ3) is 3.89. The zero-order chi connectivity index (χ0) is 15.2. The summed E-state index contributed by atoms with van der Waals surface area (Å²) in [7, 11) is 0. The van der Waals surface area contributed by atoms with Gasteiger partial charge < -0.3 is 10.4 Å². The lowest BCUT2D eigenvalue weighted by atomic mass is 10.1. The summed E-state index contributed by atoms with van der Waals surface area (Å²) in [5.41, 5.74) is 1.43. The highest BCUT2D eigenvalue weighted by atomic mass is 19.1. The zero-order valence-electron chi connectivity index (χ0n) is 11.8. The minimum absolute atomic E-state index is 0.00140. The van der Waals surface area contributed by atoms with Crippen LogP contribution in [0.5, 0.6) is 0 Å². The lowest BCUT2D eigenvalue weighted by Crippen LogP contribution is -2.39. The summed E-state index contributed by atoms with van der Waals surface area (Å²) in [5.74, 6) is -1.03. The second kappa shape index (κ2) is 6.99. The molecule has 0 radical (unpaired) electrons. The Morgan fingerprint density at radius 3 is 2.57 bits per heavy atom. The van der Waals surface area contributed by atoms with Crippen LogP contribution in [0, 0.1) is 12.7 Å². The number of nitrogens with one attached hydrogen (secondary N) is 1. The number of aryl methyl sites for hydroxylation is 1. The van der Waals surface area contributed by atoms with Gasteiger partial charge in [-0.15, -0.1) is 0 Å². The molecule has 1 atom stereocenters. The van der Waals surface area contributed by atoms with Crippen LogP contribution in [0.2, 0.25) is 0 Å². The highest BCUT2D eigenvalue weighted by Crippen LogP contribution is 2.12. The lowest BCUT2D eigenvalue weighted by Gasteiger charge is -2.17. The van der Waals surface area contributed by atoms with Crippen LogP contribution < -0.4 is 5.32 Å². The molecule has 4 heteroatoms. The second-order valence-corrected chi connectivity index (χ2v) is 4.98. The summed E-state index contributed by atoms with van der Waals surface area (Å²) >= 11 is 0. The summed E-state index contributed by atoms with van der Waals surface area (Å²) < 4.78 is 13.9. The van der Waals surface area contributed by atoms with E-state index >= 15 is 0 Å². The van der Waals surface area contributed by atoms with Crippen molar-refractivity contribution >= 4 is 5.91 Å². The highest BCUT2D eigenvalue weighted by Gasteiger charge is 2.17. The lowest BCUT2D eigenvalue weighted by molar-refractivity contribution is 0.0912. The Hall–Kier alpha value is -2.20. The molecule has 0 heterocycles. The molecule has 2 rings (SSSR count). The molecule has 3 nitrogen and oxygen atoms in total. The van der Waals surface area contributed by atoms with E-state index in [2.05, 4.69) is 5.32 Å². The van der Waals surface area contributed by atoms with Crippen LogP contribution in [0.25, 0.3) is 0 Å². The topological polar surface area (TPSA) is 49.3 Å². The van der Waals surface area contributed by atoms with Crippen LogP contribution in [-0.2, 0) is 6.42 Å². The molecule has 2 aromatic rings. The summed E-state index contributed by atoms with van der Waals surface area (Å²) in [4.78, 5) is 12.1. The van der Waals surface area contributed by atoms with Gasteiger partial charge in [0.25, 0.3) is 5.91 Å². The van der Waals surface area contributed by atoms with Gasteiger partial charge in [-0.3, -0.25) is 4.79 Å². The predicted molar refractivity (Wildman–Crippen MR) is 79.6 cm³/mol. The smallest absolute Gasteiger partial charge is 0.254 e. The Kier molecular flexibility index (Phi) is 5.06. The SMILES string of the molecule is Cc1cccc(C(=O)N[C@H](CO)Cc2ccccc2)c1F. The van der Waals surface area contributed by atoms with Gasteiger partial charge in [-0.1, -0.05) is 42.5 Å². The van der Waals surface area contributed by atoms with E-state index in [1.807, 2.05) is 30.3 Å². The molecule has 0 saturated heterocycles. The van der Waals surface area contributed by atoms with Crippen molar-refractivity contribution in [2.45, 2.75) is 19.4 Å². The second-order valence-electron chi connectivity index (χ2n) is 4.98. The molecular weight excluding hydrogens is 269 g/mol. The standard InChI is InChI=1S/C17H18FNO2/c1-12-6-5-9-15(16(12)18)17(21)19-14(11-20)10-13-7-3-2-4-8-13/h2-9,14,20H,10-11H2,1H3,(H,19,21)/t14-/m0/s1. The van der Waals surface area contributed by atoms with E-state index in [0.717, 1.165) is 5.56 Å². The van der Waals surface area contributed by atoms with Gasteiger partial charge in [-0.2, -0.15) is 0 Å². The third-order valence-electron chi connectivity index (χ3n) is 3.32. The van der Waals surface area contributed by atoms with Crippen molar-refractivity contribution < 1.29 is 14.3 Å². The number of carbonyl (C=O) groups is 1. The fourth-order valence-corrected chi connectivity index (χ4v) is 2.15. The molecule has 110 valence electrons. The van der Waals surface area contributed by atoms with Crippen molar-refractivity contribution in [1.29, 1.82) is 0 Å². The van der Waals surface area contributed by atoms with Gasteiger partial charge in [0, 0.05) is 0 Å². The number of halogens is 1. The number of aliphatic hydroxyl groups is 1. The molecule has 0 aliphatic heterocycles. The Morgan fingerprint density at radius 2 is 1.90 bits per heavy atom. The Morgan fingerprint density at radius 1 is 1.19 bits per heavy atom. The number of rotatable bonds is 5. The van der Waals surface area contributed by atoms with Gasteiger partial charge in [0.05, 0.1) is 18.2 Å². The van der Waals surface area contributed by atoms with Crippen molar-refractivity contribution in [2.75, 3.05) is 6.61 Å². The number of carbonyl (C=O) groups excluding carboxylic acids is 1. The summed E-state index contributed by atoms with van der Waals surface area (Å²) in [6, 6.07) is 13.8. The summed E-state index contributed by atoms with van der Waals surface area (Å²) in [6.45, 7) is 1.41. The van der Waals surface area contributed by atoms with Crippen LogP contribution in [0.15, 0.2) is 48.5 Å². The van der Waals surface area contributed by atoms with Gasteiger partial charge in [-0.25, -0.2) is 4.39 Å². The predicted octanol–water partition coefficient (Wildman–Crippen LogP) is 2.47. The van der Waals surface area contributed by atoms with Crippen LogP contribution in [0.4, 0.5) is 4.39 Å². The average Bonchev–Trinajstić information content (AvgIpc) is 2.50. The van der Waals surface area contributed by atoms with Gasteiger partial charge in [0.2, 0.25) is 0 Å². The molecule has 2 aromatic carbocycles. The van der Waals surface area contributed by atoms with Gasteiger partial charge in [0.15, 0.2) is 0 Å². The first-order chi connectivity index (χ1) is 10.1. The van der Waals surface area contributed by atoms with Crippen molar-refractivity contribution in [3.8, 4) is 0 Å². The monoisotopic (exact) mass is 287 g/mol. The van der Waals surface area contributed by atoms with Gasteiger partial charge in [0.1, 0.15) is 5.82 Å². The molecule has 0 unspecified atom stereocenters. The van der Waals surface area contributed by atoms with Gasteiger partial charge in [-0.05, 0) is 30.5 Å². The van der Waals surface area contributed by atoms with E-state index in [1.54, 1.807) is 19.1 Å². The summed E-state index contributed by atoms with van der Waals surface area (Å²) in [6.07, 6.45) is 0.497. The van der Waals surface area contributed by atoms with E-state index in [9.17, 15) is 14.3 Å². The molecule has 0 aromatic heterocycles.